The molecule has 6 heteroatoms. The van der Waals surface area contributed by atoms with Gasteiger partial charge in [0, 0.05) is 0 Å². The zero-order chi connectivity index (χ0) is 12.6. The second-order valence-electron chi connectivity index (χ2n) is 3.68. The SMILES string of the molecule is CCc1cc2c(cc1C(=O)OC)S(=O)(=O)CO2. The molecule has 0 aliphatic carbocycles. The Morgan fingerprint density at radius 3 is 2.76 bits per heavy atom. The fraction of sp³-hybridized carbons (Fsp3) is 0.364. The fourth-order valence-corrected chi connectivity index (χ4v) is 2.89. The van der Waals surface area contributed by atoms with E-state index in [4.69, 9.17) is 4.74 Å². The second kappa shape index (κ2) is 4.03. The fourth-order valence-electron chi connectivity index (χ4n) is 1.75. The highest BCUT2D eigenvalue weighted by Crippen LogP contribution is 2.34. The lowest BCUT2D eigenvalue weighted by atomic mass is 10.0. The van der Waals surface area contributed by atoms with Crippen LogP contribution in [-0.4, -0.2) is 27.4 Å². The number of carbonyl (C=O) groups excluding carboxylic acids is 1. The molecule has 1 aliphatic heterocycles. The van der Waals surface area contributed by atoms with Gasteiger partial charge in [-0.25, -0.2) is 13.2 Å². The summed E-state index contributed by atoms with van der Waals surface area (Å²) in [6.07, 6.45) is 0.598. The first-order valence-electron chi connectivity index (χ1n) is 5.10. The maximum absolute atomic E-state index is 11.6. The minimum atomic E-state index is -3.42. The number of hydrogen-bond donors (Lipinski definition) is 0. The third-order valence-corrected chi connectivity index (χ3v) is 4.08. The first kappa shape index (κ1) is 11.9. The van der Waals surface area contributed by atoms with Crippen molar-refractivity contribution in [3.63, 3.8) is 0 Å². The molecule has 2 rings (SSSR count). The molecular formula is C11H12O5S. The van der Waals surface area contributed by atoms with Crippen molar-refractivity contribution in [2.45, 2.75) is 18.2 Å². The minimum Gasteiger partial charge on any atom is -0.476 e. The van der Waals surface area contributed by atoms with Gasteiger partial charge in [0.05, 0.1) is 12.7 Å². The van der Waals surface area contributed by atoms with E-state index in [1.54, 1.807) is 6.07 Å². The van der Waals surface area contributed by atoms with E-state index in [9.17, 15) is 13.2 Å². The Labute approximate surface area is 99.3 Å². The standard InChI is InChI=1S/C11H12O5S/c1-3-7-4-9-10(17(13,14)6-16-9)5-8(7)11(12)15-2/h4-5H,3,6H2,1-2H3. The molecule has 1 aliphatic rings. The summed E-state index contributed by atoms with van der Waals surface area (Å²) in [7, 11) is -2.16. The van der Waals surface area contributed by atoms with Crippen LogP contribution in [0.4, 0.5) is 0 Å². The average molecular weight is 256 g/mol. The van der Waals surface area contributed by atoms with Crippen molar-refractivity contribution < 1.29 is 22.7 Å². The number of hydrogen-bond acceptors (Lipinski definition) is 5. The molecule has 0 bridgehead atoms. The van der Waals surface area contributed by atoms with Crippen LogP contribution in [0.2, 0.25) is 0 Å². The molecule has 17 heavy (non-hydrogen) atoms. The number of carbonyl (C=O) groups is 1. The monoisotopic (exact) mass is 256 g/mol. The van der Waals surface area contributed by atoms with Gasteiger partial charge < -0.3 is 9.47 Å². The van der Waals surface area contributed by atoms with Crippen LogP contribution in [0, 0.1) is 0 Å². The highest BCUT2D eigenvalue weighted by molar-refractivity contribution is 7.91. The van der Waals surface area contributed by atoms with E-state index < -0.39 is 15.8 Å². The summed E-state index contributed by atoms with van der Waals surface area (Å²) in [5.41, 5.74) is 0.996. The summed E-state index contributed by atoms with van der Waals surface area (Å²) in [4.78, 5) is 11.6. The van der Waals surface area contributed by atoms with Crippen molar-refractivity contribution in [3.8, 4) is 5.75 Å². The third-order valence-electron chi connectivity index (χ3n) is 2.66. The highest BCUT2D eigenvalue weighted by atomic mass is 32.2. The van der Waals surface area contributed by atoms with Gasteiger partial charge in [0.25, 0.3) is 0 Å². The quantitative estimate of drug-likeness (QED) is 0.743. The number of aryl methyl sites for hydroxylation is 1. The molecule has 1 heterocycles. The van der Waals surface area contributed by atoms with Crippen molar-refractivity contribution in [1.82, 2.24) is 0 Å². The van der Waals surface area contributed by atoms with E-state index in [0.29, 0.717) is 17.7 Å². The number of rotatable bonds is 2. The van der Waals surface area contributed by atoms with Gasteiger partial charge in [-0.05, 0) is 24.1 Å². The first-order chi connectivity index (χ1) is 7.99. The Morgan fingerprint density at radius 1 is 1.47 bits per heavy atom. The van der Waals surface area contributed by atoms with Crippen LogP contribution in [0.25, 0.3) is 0 Å². The maximum atomic E-state index is 11.6. The minimum absolute atomic E-state index is 0.0649. The lowest BCUT2D eigenvalue weighted by molar-refractivity contribution is 0.0599. The molecule has 0 spiro atoms. The van der Waals surface area contributed by atoms with Crippen molar-refractivity contribution >= 4 is 15.8 Å². The smallest absolute Gasteiger partial charge is 0.338 e. The van der Waals surface area contributed by atoms with Crippen LogP contribution in [0.5, 0.6) is 5.75 Å². The molecule has 1 aromatic rings. The van der Waals surface area contributed by atoms with Crippen LogP contribution < -0.4 is 4.74 Å². The van der Waals surface area contributed by atoms with Gasteiger partial charge in [-0.1, -0.05) is 6.92 Å². The van der Waals surface area contributed by atoms with Crippen LogP contribution in [-0.2, 0) is 21.0 Å². The molecule has 0 atom stereocenters. The number of fused-ring (bicyclic) bond motifs is 1. The third kappa shape index (κ3) is 1.88. The van der Waals surface area contributed by atoms with E-state index >= 15 is 0 Å². The van der Waals surface area contributed by atoms with Crippen molar-refractivity contribution in [3.05, 3.63) is 23.3 Å². The summed E-state index contributed by atoms with van der Waals surface area (Å²) in [6.45, 7) is 1.87. The van der Waals surface area contributed by atoms with Crippen molar-refractivity contribution in [1.29, 1.82) is 0 Å². The number of benzene rings is 1. The summed E-state index contributed by atoms with van der Waals surface area (Å²) in [6, 6.07) is 2.93. The highest BCUT2D eigenvalue weighted by Gasteiger charge is 2.30. The number of ether oxygens (including phenoxy) is 2. The molecule has 0 N–H and O–H groups in total. The van der Waals surface area contributed by atoms with Gasteiger partial charge in [-0.2, -0.15) is 0 Å². The predicted octanol–water partition coefficient (Wildman–Crippen LogP) is 1.16. The first-order valence-corrected chi connectivity index (χ1v) is 6.75. The number of sulfone groups is 1. The molecule has 0 aromatic heterocycles. The topological polar surface area (TPSA) is 69.7 Å². The van der Waals surface area contributed by atoms with E-state index in [-0.39, 0.29) is 16.4 Å². The molecule has 0 unspecified atom stereocenters. The molecule has 0 amide bonds. The molecule has 5 nitrogen and oxygen atoms in total. The van der Waals surface area contributed by atoms with E-state index in [1.165, 1.54) is 13.2 Å². The van der Waals surface area contributed by atoms with Gasteiger partial charge in [-0.3, -0.25) is 0 Å². The van der Waals surface area contributed by atoms with E-state index in [2.05, 4.69) is 4.74 Å². The Balaban J connectivity index is 2.66. The van der Waals surface area contributed by atoms with Crippen molar-refractivity contribution in [2.24, 2.45) is 0 Å². The van der Waals surface area contributed by atoms with Gasteiger partial charge in [0.2, 0.25) is 9.84 Å². The summed E-state index contributed by atoms with van der Waals surface area (Å²) in [5, 5.41) is 0. The van der Waals surface area contributed by atoms with Crippen LogP contribution in [0.1, 0.15) is 22.8 Å². The largest absolute Gasteiger partial charge is 0.476 e. The van der Waals surface area contributed by atoms with E-state index in [1.807, 2.05) is 6.92 Å². The Morgan fingerprint density at radius 2 is 2.18 bits per heavy atom. The normalized spacial score (nSPS) is 16.1. The molecule has 0 saturated carbocycles. The molecule has 0 fully saturated rings. The summed E-state index contributed by atoms with van der Waals surface area (Å²) < 4.78 is 33.0. The molecule has 1 aromatic carbocycles. The van der Waals surface area contributed by atoms with Crippen LogP contribution in [0.3, 0.4) is 0 Å². The molecule has 0 saturated heterocycles. The molecule has 92 valence electrons. The van der Waals surface area contributed by atoms with Crippen molar-refractivity contribution in [2.75, 3.05) is 13.0 Å². The Bertz CT molecular complexity index is 574. The van der Waals surface area contributed by atoms with Crippen LogP contribution in [0.15, 0.2) is 17.0 Å². The average Bonchev–Trinajstić information content (AvgIpc) is 2.62. The molecule has 0 radical (unpaired) electrons. The van der Waals surface area contributed by atoms with Gasteiger partial charge in [0.1, 0.15) is 10.6 Å². The molecular weight excluding hydrogens is 244 g/mol. The van der Waals surface area contributed by atoms with Gasteiger partial charge in [0.15, 0.2) is 5.94 Å². The van der Waals surface area contributed by atoms with Gasteiger partial charge in [-0.15, -0.1) is 0 Å². The Hall–Kier alpha value is -1.56. The number of esters is 1. The zero-order valence-electron chi connectivity index (χ0n) is 9.52. The maximum Gasteiger partial charge on any atom is 0.338 e. The van der Waals surface area contributed by atoms with Crippen LogP contribution >= 0.6 is 0 Å². The Kier molecular flexibility index (Phi) is 2.82. The summed E-state index contributed by atoms with van der Waals surface area (Å²) in [5.74, 6) is -0.586. The lowest BCUT2D eigenvalue weighted by Crippen LogP contribution is -2.07. The lowest BCUT2D eigenvalue weighted by Gasteiger charge is -2.07. The van der Waals surface area contributed by atoms with E-state index in [0.717, 1.165) is 0 Å². The summed E-state index contributed by atoms with van der Waals surface area (Å²) >= 11 is 0. The number of methoxy groups -OCH3 is 1. The predicted molar refractivity (Wildman–Crippen MR) is 59.8 cm³/mol. The second-order valence-corrected chi connectivity index (χ2v) is 5.58. The zero-order valence-corrected chi connectivity index (χ0v) is 10.3. The van der Waals surface area contributed by atoms with Gasteiger partial charge >= 0.3 is 5.97 Å².